The zero-order valence-electron chi connectivity index (χ0n) is 21.9. The average Bonchev–Trinajstić information content (AvgIpc) is 2.91. The summed E-state index contributed by atoms with van der Waals surface area (Å²) in [6.07, 6.45) is 9.13. The number of hydrogen-bond acceptors (Lipinski definition) is 6. The van der Waals surface area contributed by atoms with E-state index in [2.05, 4.69) is 16.3 Å². The maximum atomic E-state index is 13.1. The highest BCUT2D eigenvalue weighted by Gasteiger charge is 2.33. The maximum absolute atomic E-state index is 13.1. The molecule has 0 unspecified atom stereocenters. The first kappa shape index (κ1) is 28.2. The highest BCUT2D eigenvalue weighted by Crippen LogP contribution is 2.31. The van der Waals surface area contributed by atoms with Crippen molar-refractivity contribution in [2.45, 2.75) is 52.5 Å². The summed E-state index contributed by atoms with van der Waals surface area (Å²) in [6, 6.07) is 6.17. The minimum Gasteiger partial charge on any atom is -0.405 e. The first-order valence-corrected chi connectivity index (χ1v) is 12.8. The van der Waals surface area contributed by atoms with Crippen molar-refractivity contribution in [1.82, 2.24) is 9.80 Å². The summed E-state index contributed by atoms with van der Waals surface area (Å²) in [7, 11) is 1.87. The summed E-state index contributed by atoms with van der Waals surface area (Å²) in [4.78, 5) is 31.3. The van der Waals surface area contributed by atoms with Crippen LogP contribution >= 0.6 is 0 Å². The van der Waals surface area contributed by atoms with Gasteiger partial charge < -0.3 is 26.6 Å². The van der Waals surface area contributed by atoms with E-state index in [4.69, 9.17) is 11.5 Å². The molecule has 0 saturated carbocycles. The molecule has 35 heavy (non-hydrogen) atoms. The molecule has 2 fully saturated rings. The van der Waals surface area contributed by atoms with E-state index >= 15 is 0 Å². The third-order valence-corrected chi connectivity index (χ3v) is 6.85. The van der Waals surface area contributed by atoms with E-state index in [0.29, 0.717) is 13.1 Å². The Morgan fingerprint density at radius 1 is 1.11 bits per heavy atom. The largest absolute Gasteiger partial charge is 0.405 e. The Labute approximate surface area is 211 Å². The van der Waals surface area contributed by atoms with E-state index in [9.17, 15) is 9.59 Å². The standard InChI is InChI=1S/C25H38N6O2.C2H6/c1-19-3-4-24(23(15-19)28-2)31(18-32)22-8-13-30(14-9-22)25(33)21-6-11-29(12-7-21)17-20(16-27)5-10-26;1-2/h3-5,10,15-16,18,21-22,28H,6-9,11-14,17,26-27H2,1-2H3;1-2H3/b10-5-,20-16+;. The summed E-state index contributed by atoms with van der Waals surface area (Å²) >= 11 is 0. The molecule has 0 aliphatic carbocycles. The van der Waals surface area contributed by atoms with Gasteiger partial charge in [0.05, 0.1) is 11.4 Å². The molecule has 194 valence electrons. The Kier molecular flexibility index (Phi) is 11.6. The number of nitrogens with two attached hydrogens (primary N) is 2. The van der Waals surface area contributed by atoms with Crippen molar-refractivity contribution in [3.63, 3.8) is 0 Å². The molecule has 8 heteroatoms. The second-order valence-corrected chi connectivity index (χ2v) is 8.99. The smallest absolute Gasteiger partial charge is 0.225 e. The fourth-order valence-corrected chi connectivity index (χ4v) is 4.92. The van der Waals surface area contributed by atoms with Crippen LogP contribution < -0.4 is 21.7 Å². The van der Waals surface area contributed by atoms with Gasteiger partial charge in [0.1, 0.15) is 0 Å². The van der Waals surface area contributed by atoms with E-state index in [-0.39, 0.29) is 17.9 Å². The molecule has 2 amide bonds. The summed E-state index contributed by atoms with van der Waals surface area (Å²) in [6.45, 7) is 9.93. The van der Waals surface area contributed by atoms with Gasteiger partial charge in [-0.1, -0.05) is 19.9 Å². The lowest BCUT2D eigenvalue weighted by Gasteiger charge is -2.40. The van der Waals surface area contributed by atoms with Crippen LogP contribution in [0, 0.1) is 12.8 Å². The minimum absolute atomic E-state index is 0.0725. The van der Waals surface area contributed by atoms with Crippen molar-refractivity contribution in [3.05, 3.63) is 47.8 Å². The number of benzene rings is 1. The molecule has 2 aliphatic rings. The van der Waals surface area contributed by atoms with Crippen LogP contribution in [-0.4, -0.2) is 67.9 Å². The second-order valence-electron chi connectivity index (χ2n) is 8.99. The van der Waals surface area contributed by atoms with Crippen molar-refractivity contribution in [2.75, 3.05) is 50.0 Å². The molecular formula is C27H44N6O2. The highest BCUT2D eigenvalue weighted by molar-refractivity contribution is 5.85. The van der Waals surface area contributed by atoms with Gasteiger partial charge in [-0.05, 0) is 87.4 Å². The van der Waals surface area contributed by atoms with Crippen LogP contribution in [0.15, 0.2) is 42.2 Å². The number of anilines is 2. The molecule has 2 saturated heterocycles. The van der Waals surface area contributed by atoms with E-state index in [1.54, 1.807) is 6.20 Å². The molecule has 0 radical (unpaired) electrons. The van der Waals surface area contributed by atoms with Gasteiger partial charge in [-0.3, -0.25) is 14.5 Å². The van der Waals surface area contributed by atoms with Crippen molar-refractivity contribution < 1.29 is 9.59 Å². The predicted molar refractivity (Wildman–Crippen MR) is 145 cm³/mol. The zero-order chi connectivity index (χ0) is 25.8. The van der Waals surface area contributed by atoms with Gasteiger partial charge in [0.2, 0.25) is 12.3 Å². The van der Waals surface area contributed by atoms with E-state index in [1.165, 1.54) is 6.20 Å². The molecule has 3 rings (SSSR count). The van der Waals surface area contributed by atoms with Crippen LogP contribution in [0.25, 0.3) is 0 Å². The molecule has 5 N–H and O–H groups in total. The van der Waals surface area contributed by atoms with Gasteiger partial charge in [0, 0.05) is 38.6 Å². The van der Waals surface area contributed by atoms with E-state index in [1.807, 2.05) is 55.8 Å². The van der Waals surface area contributed by atoms with Crippen LogP contribution in [0.4, 0.5) is 11.4 Å². The Hall–Kier alpha value is -3.00. The summed E-state index contributed by atoms with van der Waals surface area (Å²) in [5, 5.41) is 3.20. The third kappa shape index (κ3) is 7.49. The number of likely N-dealkylation sites (tertiary alicyclic amines) is 2. The molecule has 8 nitrogen and oxygen atoms in total. The molecule has 2 aliphatic heterocycles. The number of nitrogens with zero attached hydrogens (tertiary/aromatic N) is 3. The van der Waals surface area contributed by atoms with Crippen molar-refractivity contribution in [3.8, 4) is 0 Å². The Morgan fingerprint density at radius 3 is 2.31 bits per heavy atom. The number of nitrogens with one attached hydrogen (secondary N) is 1. The van der Waals surface area contributed by atoms with Gasteiger partial charge in [0.25, 0.3) is 0 Å². The van der Waals surface area contributed by atoms with Gasteiger partial charge in [-0.2, -0.15) is 0 Å². The van der Waals surface area contributed by atoms with Crippen LogP contribution in [0.1, 0.15) is 45.1 Å². The number of amides is 2. The van der Waals surface area contributed by atoms with Gasteiger partial charge in [-0.15, -0.1) is 0 Å². The van der Waals surface area contributed by atoms with E-state index < -0.39 is 0 Å². The lowest BCUT2D eigenvalue weighted by molar-refractivity contribution is -0.138. The fourth-order valence-electron chi connectivity index (χ4n) is 4.92. The van der Waals surface area contributed by atoms with Crippen LogP contribution in [0.5, 0.6) is 0 Å². The fraction of sp³-hybridized carbons (Fsp3) is 0.556. The summed E-state index contributed by atoms with van der Waals surface area (Å²) in [5.74, 6) is 0.330. The first-order valence-electron chi connectivity index (χ1n) is 12.8. The Bertz CT molecular complexity index is 868. The Morgan fingerprint density at radius 2 is 1.77 bits per heavy atom. The van der Waals surface area contributed by atoms with Gasteiger partial charge in [-0.25, -0.2) is 0 Å². The SMILES string of the molecule is CC.CNc1cc(C)ccc1N(C=O)C1CCN(C(=O)C2CCN(CC(/C=C\N)=C/N)CC2)CC1. The van der Waals surface area contributed by atoms with Crippen molar-refractivity contribution in [2.24, 2.45) is 17.4 Å². The number of aryl methyl sites for hydroxylation is 1. The number of piperidine rings is 2. The van der Waals surface area contributed by atoms with Gasteiger partial charge in [0.15, 0.2) is 0 Å². The summed E-state index contributed by atoms with van der Waals surface area (Å²) in [5.41, 5.74) is 15.1. The average molecular weight is 485 g/mol. The van der Waals surface area contributed by atoms with Gasteiger partial charge >= 0.3 is 0 Å². The normalized spacial score (nSPS) is 18.2. The lowest BCUT2D eigenvalue weighted by Crippen LogP contribution is -2.49. The summed E-state index contributed by atoms with van der Waals surface area (Å²) < 4.78 is 0. The molecule has 0 spiro atoms. The topological polar surface area (TPSA) is 108 Å². The molecule has 0 bridgehead atoms. The molecule has 0 atom stereocenters. The molecule has 0 aromatic heterocycles. The molecule has 1 aromatic carbocycles. The maximum Gasteiger partial charge on any atom is 0.225 e. The number of carbonyl (C=O) groups excluding carboxylic acids is 2. The molecular weight excluding hydrogens is 440 g/mol. The van der Waals surface area contributed by atoms with Crippen LogP contribution in [0.2, 0.25) is 0 Å². The number of rotatable bonds is 8. The van der Waals surface area contributed by atoms with Crippen molar-refractivity contribution >= 4 is 23.7 Å². The molecule has 2 heterocycles. The minimum atomic E-state index is 0.0725. The van der Waals surface area contributed by atoms with Crippen LogP contribution in [-0.2, 0) is 9.59 Å². The molecule has 1 aromatic rings. The monoisotopic (exact) mass is 484 g/mol. The van der Waals surface area contributed by atoms with Crippen molar-refractivity contribution in [1.29, 1.82) is 0 Å². The van der Waals surface area contributed by atoms with E-state index in [0.717, 1.165) is 74.2 Å². The predicted octanol–water partition coefficient (Wildman–Crippen LogP) is 3.04. The second kappa shape index (κ2) is 14.4. The first-order chi connectivity index (χ1) is 17.0. The number of hydrogen-bond donors (Lipinski definition) is 3. The Balaban J connectivity index is 0.00000210. The lowest BCUT2D eigenvalue weighted by atomic mass is 9.93. The van der Waals surface area contributed by atoms with Crippen LogP contribution in [0.3, 0.4) is 0 Å². The zero-order valence-corrected chi connectivity index (χ0v) is 21.9. The number of carbonyl (C=O) groups is 2. The quantitative estimate of drug-likeness (QED) is 0.387. The highest BCUT2D eigenvalue weighted by atomic mass is 16.2. The third-order valence-electron chi connectivity index (χ3n) is 6.85.